The topological polar surface area (TPSA) is 30.3 Å². The lowest BCUT2D eigenvalue weighted by molar-refractivity contribution is 0.218. The Kier molecular flexibility index (Phi) is 5.86. The minimum atomic E-state index is 0.632. The molecule has 1 heterocycles. The normalized spacial score (nSPS) is 11.0. The summed E-state index contributed by atoms with van der Waals surface area (Å²) in [5, 5.41) is 4.68. The van der Waals surface area contributed by atoms with Crippen molar-refractivity contribution in [1.29, 1.82) is 0 Å². The van der Waals surface area contributed by atoms with Crippen LogP contribution in [0, 0.1) is 0 Å². The highest BCUT2D eigenvalue weighted by atomic mass is 16.5. The average molecular weight is 335 g/mol. The van der Waals surface area contributed by atoms with Crippen LogP contribution in [0.1, 0.15) is 13.8 Å². The Morgan fingerprint density at radius 1 is 0.920 bits per heavy atom. The molecule has 25 heavy (non-hydrogen) atoms. The van der Waals surface area contributed by atoms with Crippen molar-refractivity contribution in [2.75, 3.05) is 26.2 Å². The van der Waals surface area contributed by atoms with Gasteiger partial charge in [-0.2, -0.15) is 0 Å². The van der Waals surface area contributed by atoms with E-state index in [0.29, 0.717) is 12.5 Å². The highest BCUT2D eigenvalue weighted by Crippen LogP contribution is 2.29. The fraction of sp³-hybridized carbons (Fsp3) is 0.286. The second kappa shape index (κ2) is 8.49. The molecule has 0 bridgehead atoms. The molecule has 3 aromatic rings. The summed E-state index contributed by atoms with van der Waals surface area (Å²) >= 11 is 0. The molecule has 0 spiro atoms. The van der Waals surface area contributed by atoms with Gasteiger partial charge in [0, 0.05) is 12.7 Å². The van der Waals surface area contributed by atoms with Crippen LogP contribution >= 0.6 is 0 Å². The average Bonchev–Trinajstić information content (AvgIpc) is 3.11. The third-order valence-corrected chi connectivity index (χ3v) is 4.33. The minimum Gasteiger partial charge on any atom is -0.475 e. The third-order valence-electron chi connectivity index (χ3n) is 4.33. The monoisotopic (exact) mass is 335 g/mol. The van der Waals surface area contributed by atoms with Crippen LogP contribution in [0.4, 0.5) is 0 Å². The smallest absolute Gasteiger partial charge is 0.241 e. The molecule has 2 aromatic carbocycles. The number of ether oxygens (including phenoxy) is 1. The highest BCUT2D eigenvalue weighted by molar-refractivity contribution is 5.68. The third kappa shape index (κ3) is 4.28. The summed E-state index contributed by atoms with van der Waals surface area (Å²) < 4.78 is 7.94. The van der Waals surface area contributed by atoms with Crippen LogP contribution in [-0.2, 0) is 0 Å². The molecule has 130 valence electrons. The Labute approximate surface area is 149 Å². The maximum Gasteiger partial charge on any atom is 0.241 e. The molecule has 0 aliphatic rings. The predicted molar refractivity (Wildman–Crippen MR) is 102 cm³/mol. The quantitative estimate of drug-likeness (QED) is 0.616. The van der Waals surface area contributed by atoms with Crippen molar-refractivity contribution >= 4 is 0 Å². The van der Waals surface area contributed by atoms with Gasteiger partial charge in [-0.25, -0.2) is 4.68 Å². The summed E-state index contributed by atoms with van der Waals surface area (Å²) in [6, 6.07) is 20.4. The molecule has 0 atom stereocenters. The van der Waals surface area contributed by atoms with E-state index in [9.17, 15) is 0 Å². The highest BCUT2D eigenvalue weighted by Gasteiger charge is 2.13. The maximum absolute atomic E-state index is 6.05. The van der Waals surface area contributed by atoms with Crippen LogP contribution < -0.4 is 4.74 Å². The van der Waals surface area contributed by atoms with E-state index < -0.39 is 0 Å². The van der Waals surface area contributed by atoms with E-state index in [1.54, 1.807) is 0 Å². The molecule has 4 nitrogen and oxygen atoms in total. The molecule has 0 fully saturated rings. The fourth-order valence-corrected chi connectivity index (χ4v) is 2.80. The van der Waals surface area contributed by atoms with E-state index in [2.05, 4.69) is 36.0 Å². The lowest BCUT2D eigenvalue weighted by atomic mass is 10.1. The summed E-state index contributed by atoms with van der Waals surface area (Å²) in [5.41, 5.74) is 3.16. The molecule has 0 unspecified atom stereocenters. The van der Waals surface area contributed by atoms with Gasteiger partial charge in [0.05, 0.1) is 11.3 Å². The van der Waals surface area contributed by atoms with Crippen molar-refractivity contribution in [1.82, 2.24) is 14.7 Å². The molecular formula is C21H25N3O. The van der Waals surface area contributed by atoms with Gasteiger partial charge < -0.3 is 9.64 Å². The van der Waals surface area contributed by atoms with E-state index in [1.807, 2.05) is 59.4 Å². The second-order valence-electron chi connectivity index (χ2n) is 5.87. The molecule has 4 heteroatoms. The van der Waals surface area contributed by atoms with Crippen LogP contribution in [-0.4, -0.2) is 40.9 Å². The van der Waals surface area contributed by atoms with Gasteiger partial charge in [-0.1, -0.05) is 62.4 Å². The van der Waals surface area contributed by atoms with Crippen molar-refractivity contribution < 1.29 is 4.74 Å². The minimum absolute atomic E-state index is 0.632. The second-order valence-corrected chi connectivity index (χ2v) is 5.87. The standard InChI is InChI=1S/C21H25N3O/c1-3-23(4-2)15-16-25-21-20(18-11-7-5-8-12-18)17-24(22-21)19-13-9-6-10-14-19/h5-14,17H,3-4,15-16H2,1-2H3. The number of hydrogen-bond donors (Lipinski definition) is 0. The van der Waals surface area contributed by atoms with E-state index in [-0.39, 0.29) is 0 Å². The largest absolute Gasteiger partial charge is 0.475 e. The zero-order valence-corrected chi connectivity index (χ0v) is 14.9. The van der Waals surface area contributed by atoms with Crippen molar-refractivity contribution in [2.45, 2.75) is 13.8 Å². The Morgan fingerprint density at radius 3 is 2.20 bits per heavy atom. The van der Waals surface area contributed by atoms with Crippen LogP contribution in [0.15, 0.2) is 66.9 Å². The maximum atomic E-state index is 6.05. The predicted octanol–water partition coefficient (Wildman–Crippen LogP) is 4.26. The molecule has 1 aromatic heterocycles. The first-order valence-electron chi connectivity index (χ1n) is 8.87. The number of likely N-dealkylation sites (N-methyl/N-ethyl adjacent to an activating group) is 1. The van der Waals surface area contributed by atoms with Crippen LogP contribution in [0.2, 0.25) is 0 Å². The van der Waals surface area contributed by atoms with Crippen molar-refractivity contribution in [3.05, 3.63) is 66.9 Å². The number of rotatable bonds is 8. The number of hydrogen-bond acceptors (Lipinski definition) is 3. The van der Waals surface area contributed by atoms with Crippen molar-refractivity contribution in [2.24, 2.45) is 0 Å². The Morgan fingerprint density at radius 2 is 1.56 bits per heavy atom. The Balaban J connectivity index is 1.86. The molecule has 3 rings (SSSR count). The van der Waals surface area contributed by atoms with E-state index in [4.69, 9.17) is 4.74 Å². The molecule has 0 amide bonds. The van der Waals surface area contributed by atoms with E-state index in [0.717, 1.165) is 36.4 Å². The Hall–Kier alpha value is -2.59. The van der Waals surface area contributed by atoms with Gasteiger partial charge in [-0.15, -0.1) is 5.10 Å². The zero-order valence-electron chi connectivity index (χ0n) is 14.9. The molecular weight excluding hydrogens is 310 g/mol. The van der Waals surface area contributed by atoms with Gasteiger partial charge in [0.25, 0.3) is 0 Å². The van der Waals surface area contributed by atoms with Crippen LogP contribution in [0.5, 0.6) is 5.88 Å². The summed E-state index contributed by atoms with van der Waals surface area (Å²) in [6.45, 7) is 7.94. The van der Waals surface area contributed by atoms with Crippen molar-refractivity contribution in [3.63, 3.8) is 0 Å². The molecule has 0 saturated heterocycles. The molecule has 0 aliphatic carbocycles. The molecule has 0 saturated carbocycles. The summed E-state index contributed by atoms with van der Waals surface area (Å²) in [4.78, 5) is 2.34. The number of nitrogens with zero attached hydrogens (tertiary/aromatic N) is 3. The SMILES string of the molecule is CCN(CC)CCOc1nn(-c2ccccc2)cc1-c1ccccc1. The first-order chi connectivity index (χ1) is 12.3. The summed E-state index contributed by atoms with van der Waals surface area (Å²) in [6.07, 6.45) is 2.04. The molecule has 0 N–H and O–H groups in total. The van der Waals surface area contributed by atoms with Crippen LogP contribution in [0.3, 0.4) is 0 Å². The van der Waals surface area contributed by atoms with E-state index in [1.165, 1.54) is 0 Å². The van der Waals surface area contributed by atoms with Crippen molar-refractivity contribution in [3.8, 4) is 22.7 Å². The zero-order chi connectivity index (χ0) is 17.5. The number of para-hydroxylation sites is 1. The lowest BCUT2D eigenvalue weighted by Gasteiger charge is -2.17. The molecule has 0 radical (unpaired) electrons. The first-order valence-corrected chi connectivity index (χ1v) is 8.87. The number of benzene rings is 2. The van der Waals surface area contributed by atoms with Gasteiger partial charge in [0.15, 0.2) is 0 Å². The van der Waals surface area contributed by atoms with Gasteiger partial charge in [0.1, 0.15) is 6.61 Å². The first kappa shape index (κ1) is 17.2. The molecule has 0 aliphatic heterocycles. The van der Waals surface area contributed by atoms with Gasteiger partial charge in [-0.05, 0) is 30.8 Å². The fourth-order valence-electron chi connectivity index (χ4n) is 2.80. The summed E-state index contributed by atoms with van der Waals surface area (Å²) in [5.74, 6) is 0.683. The Bertz CT molecular complexity index is 764. The number of aromatic nitrogens is 2. The van der Waals surface area contributed by atoms with Crippen LogP contribution in [0.25, 0.3) is 16.8 Å². The van der Waals surface area contributed by atoms with Gasteiger partial charge in [0.2, 0.25) is 5.88 Å². The lowest BCUT2D eigenvalue weighted by Crippen LogP contribution is -2.28. The van der Waals surface area contributed by atoms with Gasteiger partial charge >= 0.3 is 0 Å². The summed E-state index contributed by atoms with van der Waals surface area (Å²) in [7, 11) is 0. The van der Waals surface area contributed by atoms with Gasteiger partial charge in [-0.3, -0.25) is 0 Å². The van der Waals surface area contributed by atoms with E-state index >= 15 is 0 Å².